The monoisotopic (exact) mass is 447 g/mol. The lowest BCUT2D eigenvalue weighted by Gasteiger charge is -2.19. The average Bonchev–Trinajstić information content (AvgIpc) is 3.35. The third kappa shape index (κ3) is 3.92. The van der Waals surface area contributed by atoms with Gasteiger partial charge in [-0.1, -0.05) is 29.0 Å². The van der Waals surface area contributed by atoms with Gasteiger partial charge in [-0.15, -0.1) is 0 Å². The van der Waals surface area contributed by atoms with Crippen molar-refractivity contribution in [2.75, 3.05) is 18.4 Å². The fourth-order valence-electron chi connectivity index (χ4n) is 3.34. The minimum absolute atomic E-state index is 0.240. The highest BCUT2D eigenvalue weighted by Gasteiger charge is 2.32. The van der Waals surface area contributed by atoms with Crippen molar-refractivity contribution >= 4 is 50.2 Å². The molecule has 1 aromatic carbocycles. The van der Waals surface area contributed by atoms with Crippen molar-refractivity contribution in [1.29, 1.82) is 0 Å². The van der Waals surface area contributed by atoms with E-state index in [0.717, 1.165) is 0 Å². The molecule has 0 aliphatic carbocycles. The van der Waals surface area contributed by atoms with Crippen LogP contribution in [0.15, 0.2) is 24.3 Å². The zero-order valence-electron chi connectivity index (χ0n) is 16.8. The standard InChI is InChI=1S/C20H22ClN5O3S/c1-20(2,3)26-16-15(14(24-26)18(29)25-8-7-13(27)10-25)30-19(22-16)23-17(28)11-5-4-6-12(21)9-11/h4-6,9,13,27H,7-8,10H2,1-3H3,(H,22,23,28)/t13-/m1/s1. The fourth-order valence-corrected chi connectivity index (χ4v) is 4.45. The van der Waals surface area contributed by atoms with Crippen molar-refractivity contribution in [2.45, 2.75) is 38.8 Å². The molecule has 10 heteroatoms. The number of carbonyl (C=O) groups is 2. The molecule has 0 bridgehead atoms. The minimum Gasteiger partial charge on any atom is -0.391 e. The number of aromatic nitrogens is 3. The summed E-state index contributed by atoms with van der Waals surface area (Å²) < 4.78 is 2.31. The third-order valence-corrected chi connectivity index (χ3v) is 6.02. The van der Waals surface area contributed by atoms with Gasteiger partial charge in [0.2, 0.25) is 0 Å². The van der Waals surface area contributed by atoms with Crippen molar-refractivity contribution in [2.24, 2.45) is 0 Å². The Morgan fingerprint density at radius 1 is 1.33 bits per heavy atom. The van der Waals surface area contributed by atoms with Gasteiger partial charge in [0.25, 0.3) is 11.8 Å². The predicted molar refractivity (Wildman–Crippen MR) is 116 cm³/mol. The van der Waals surface area contributed by atoms with Gasteiger partial charge in [0.05, 0.1) is 11.6 Å². The molecule has 1 aliphatic rings. The van der Waals surface area contributed by atoms with E-state index in [9.17, 15) is 14.7 Å². The van der Waals surface area contributed by atoms with Gasteiger partial charge in [0.15, 0.2) is 16.5 Å². The lowest BCUT2D eigenvalue weighted by molar-refractivity contribution is 0.0759. The first-order chi connectivity index (χ1) is 14.1. The van der Waals surface area contributed by atoms with Gasteiger partial charge in [-0.3, -0.25) is 14.9 Å². The number of nitrogens with one attached hydrogen (secondary N) is 1. The molecule has 1 saturated heterocycles. The number of hydrogen-bond donors (Lipinski definition) is 2. The summed E-state index contributed by atoms with van der Waals surface area (Å²) in [4.78, 5) is 31.8. The van der Waals surface area contributed by atoms with E-state index in [0.29, 0.717) is 45.6 Å². The lowest BCUT2D eigenvalue weighted by Crippen LogP contribution is -2.31. The number of carbonyl (C=O) groups excluding carboxylic acids is 2. The van der Waals surface area contributed by atoms with Crippen LogP contribution in [0.2, 0.25) is 5.02 Å². The van der Waals surface area contributed by atoms with Gasteiger partial charge in [-0.25, -0.2) is 4.68 Å². The minimum atomic E-state index is -0.511. The Hall–Kier alpha value is -2.49. The Morgan fingerprint density at radius 2 is 2.10 bits per heavy atom. The molecule has 1 fully saturated rings. The molecule has 0 spiro atoms. The Morgan fingerprint density at radius 3 is 2.73 bits per heavy atom. The molecular weight excluding hydrogens is 426 g/mol. The number of thiazole rings is 1. The summed E-state index contributed by atoms with van der Waals surface area (Å²) in [5.41, 5.74) is 0.831. The highest BCUT2D eigenvalue weighted by molar-refractivity contribution is 7.22. The van der Waals surface area contributed by atoms with Gasteiger partial charge in [0, 0.05) is 23.7 Å². The molecule has 3 heterocycles. The number of nitrogens with zero attached hydrogens (tertiary/aromatic N) is 4. The van der Waals surface area contributed by atoms with Crippen LogP contribution in [0.4, 0.5) is 5.13 Å². The molecule has 0 radical (unpaired) electrons. The number of rotatable bonds is 3. The smallest absolute Gasteiger partial charge is 0.276 e. The number of fused-ring (bicyclic) bond motifs is 1. The van der Waals surface area contributed by atoms with Crippen molar-refractivity contribution < 1.29 is 14.7 Å². The number of halogens is 1. The normalized spacial score (nSPS) is 17.0. The van der Waals surface area contributed by atoms with Crippen LogP contribution in [0.3, 0.4) is 0 Å². The van der Waals surface area contributed by atoms with Crippen molar-refractivity contribution in [3.05, 3.63) is 40.5 Å². The van der Waals surface area contributed by atoms with E-state index in [1.54, 1.807) is 33.8 Å². The number of likely N-dealkylation sites (tertiary alicyclic amines) is 1. The third-order valence-electron chi connectivity index (χ3n) is 4.82. The van der Waals surface area contributed by atoms with Crippen LogP contribution < -0.4 is 5.32 Å². The van der Waals surface area contributed by atoms with E-state index in [-0.39, 0.29) is 17.5 Å². The lowest BCUT2D eigenvalue weighted by atomic mass is 10.1. The summed E-state index contributed by atoms with van der Waals surface area (Å²) in [7, 11) is 0. The average molecular weight is 448 g/mol. The molecule has 158 valence electrons. The van der Waals surface area contributed by atoms with Gasteiger partial charge in [-0.2, -0.15) is 10.1 Å². The first-order valence-electron chi connectivity index (χ1n) is 9.58. The molecular formula is C20H22ClN5O3S. The Labute approximate surface area is 182 Å². The predicted octanol–water partition coefficient (Wildman–Crippen LogP) is 3.36. The molecule has 3 aromatic rings. The maximum Gasteiger partial charge on any atom is 0.276 e. The maximum absolute atomic E-state index is 13.1. The van der Waals surface area contributed by atoms with E-state index >= 15 is 0 Å². The first-order valence-corrected chi connectivity index (χ1v) is 10.8. The quantitative estimate of drug-likeness (QED) is 0.641. The molecule has 1 atom stereocenters. The number of amides is 2. The van der Waals surface area contributed by atoms with E-state index in [2.05, 4.69) is 15.4 Å². The van der Waals surface area contributed by atoms with Crippen LogP contribution in [0, 0.1) is 0 Å². The van der Waals surface area contributed by atoms with E-state index in [1.165, 1.54) is 11.3 Å². The molecule has 8 nitrogen and oxygen atoms in total. The summed E-state index contributed by atoms with van der Waals surface area (Å²) in [6.07, 6.45) is 0.0431. The van der Waals surface area contributed by atoms with Crippen molar-refractivity contribution in [3.63, 3.8) is 0 Å². The fraction of sp³-hybridized carbons (Fsp3) is 0.400. The molecule has 30 heavy (non-hydrogen) atoms. The SMILES string of the molecule is CC(C)(C)n1nc(C(=O)N2CC[C@@H](O)C2)c2sc(NC(=O)c3cccc(Cl)c3)nc21. The summed E-state index contributed by atoms with van der Waals surface area (Å²) in [6, 6.07) is 6.64. The summed E-state index contributed by atoms with van der Waals surface area (Å²) in [5, 5.41) is 18.0. The van der Waals surface area contributed by atoms with Gasteiger partial charge < -0.3 is 10.0 Å². The highest BCUT2D eigenvalue weighted by Crippen LogP contribution is 2.33. The second-order valence-corrected chi connectivity index (χ2v) is 9.70. The largest absolute Gasteiger partial charge is 0.391 e. The summed E-state index contributed by atoms with van der Waals surface area (Å²) >= 11 is 7.18. The van der Waals surface area contributed by atoms with Crippen LogP contribution in [0.1, 0.15) is 48.0 Å². The Balaban J connectivity index is 1.70. The molecule has 0 unspecified atom stereocenters. The van der Waals surface area contributed by atoms with Crippen LogP contribution in [-0.4, -0.2) is 55.8 Å². The molecule has 4 rings (SSSR count). The van der Waals surface area contributed by atoms with Crippen molar-refractivity contribution in [1.82, 2.24) is 19.7 Å². The first kappa shape index (κ1) is 20.8. The van der Waals surface area contributed by atoms with Crippen LogP contribution in [0.5, 0.6) is 0 Å². The number of anilines is 1. The van der Waals surface area contributed by atoms with Crippen LogP contribution >= 0.6 is 22.9 Å². The van der Waals surface area contributed by atoms with E-state index in [4.69, 9.17) is 11.6 Å². The molecule has 2 amide bonds. The highest BCUT2D eigenvalue weighted by atomic mass is 35.5. The zero-order valence-corrected chi connectivity index (χ0v) is 18.4. The number of benzene rings is 1. The van der Waals surface area contributed by atoms with Gasteiger partial charge >= 0.3 is 0 Å². The molecule has 0 saturated carbocycles. The van der Waals surface area contributed by atoms with Crippen LogP contribution in [-0.2, 0) is 5.54 Å². The number of β-amino-alcohol motifs (C(OH)–C–C–N with tert-alkyl or cyclic N) is 1. The Bertz CT molecular complexity index is 1130. The molecule has 1 aliphatic heterocycles. The van der Waals surface area contributed by atoms with Gasteiger partial charge in [-0.05, 0) is 45.4 Å². The zero-order chi connectivity index (χ0) is 21.6. The molecule has 2 N–H and O–H groups in total. The molecule has 2 aromatic heterocycles. The maximum atomic E-state index is 13.1. The van der Waals surface area contributed by atoms with E-state index < -0.39 is 11.6 Å². The number of aliphatic hydroxyl groups is 1. The Kier molecular flexibility index (Phi) is 5.29. The van der Waals surface area contributed by atoms with Gasteiger partial charge in [0.1, 0.15) is 4.70 Å². The summed E-state index contributed by atoms with van der Waals surface area (Å²) in [5.74, 6) is -0.573. The summed E-state index contributed by atoms with van der Waals surface area (Å²) in [6.45, 7) is 6.69. The number of hydrogen-bond acceptors (Lipinski definition) is 6. The second-order valence-electron chi connectivity index (χ2n) is 8.26. The van der Waals surface area contributed by atoms with E-state index in [1.807, 2.05) is 20.8 Å². The van der Waals surface area contributed by atoms with Crippen molar-refractivity contribution in [3.8, 4) is 0 Å². The topological polar surface area (TPSA) is 100 Å². The van der Waals surface area contributed by atoms with Crippen LogP contribution in [0.25, 0.3) is 10.3 Å². The second kappa shape index (κ2) is 7.64. The number of aliphatic hydroxyl groups excluding tert-OH is 1.